The van der Waals surface area contributed by atoms with Crippen molar-refractivity contribution in [2.24, 2.45) is 0 Å². The molecule has 0 amide bonds. The molecule has 4 rings (SSSR count). The molecule has 0 unspecified atom stereocenters. The minimum atomic E-state index is -0.129. The smallest absolute Gasteiger partial charge is 0.261 e. The molecule has 9 heteroatoms. The molecule has 0 saturated heterocycles. The second-order valence-electron chi connectivity index (χ2n) is 6.65. The van der Waals surface area contributed by atoms with Crippen LogP contribution in [-0.2, 0) is 10.7 Å². The van der Waals surface area contributed by atoms with Crippen molar-refractivity contribution >= 4 is 28.9 Å². The van der Waals surface area contributed by atoms with Crippen molar-refractivity contribution in [1.82, 2.24) is 18.9 Å². The Morgan fingerprint density at radius 3 is 2.80 bits per heavy atom. The van der Waals surface area contributed by atoms with E-state index in [2.05, 4.69) is 9.97 Å². The van der Waals surface area contributed by atoms with Crippen LogP contribution >= 0.6 is 12.3 Å². The molecule has 1 aromatic carbocycles. The molecule has 0 fully saturated rings. The maximum atomic E-state index is 13.0. The molecular weight excluding hydrogens is 404 g/mol. The van der Waals surface area contributed by atoms with E-state index in [9.17, 15) is 4.79 Å². The average molecular weight is 426 g/mol. The molecule has 8 nitrogen and oxygen atoms in total. The highest BCUT2D eigenvalue weighted by Gasteiger charge is 2.17. The molecule has 0 radical (unpaired) electrons. The second-order valence-corrected chi connectivity index (χ2v) is 7.18. The largest absolute Gasteiger partial charge is 0.492 e. The Labute approximate surface area is 177 Å². The van der Waals surface area contributed by atoms with Crippen LogP contribution in [0.15, 0.2) is 47.7 Å². The van der Waals surface area contributed by atoms with E-state index < -0.39 is 0 Å². The van der Waals surface area contributed by atoms with Gasteiger partial charge in [-0.25, -0.2) is 9.97 Å². The van der Waals surface area contributed by atoms with Gasteiger partial charge in [-0.05, 0) is 50.6 Å². The highest BCUT2D eigenvalue weighted by molar-refractivity contribution is 7.90. The summed E-state index contributed by atoms with van der Waals surface area (Å²) in [4.78, 5) is 22.1. The average Bonchev–Trinajstić information content (AvgIpc) is 3.07. The summed E-state index contributed by atoms with van der Waals surface area (Å²) < 4.78 is 20.0. The first-order chi connectivity index (χ1) is 14.6. The molecule has 0 bridgehead atoms. The molecule has 0 aliphatic heterocycles. The van der Waals surface area contributed by atoms with Crippen LogP contribution in [0.3, 0.4) is 0 Å². The van der Waals surface area contributed by atoms with Crippen molar-refractivity contribution in [2.75, 3.05) is 13.2 Å². The summed E-state index contributed by atoms with van der Waals surface area (Å²) in [6, 6.07) is 9.30. The molecule has 30 heavy (non-hydrogen) atoms. The lowest BCUT2D eigenvalue weighted by Crippen LogP contribution is -2.21. The van der Waals surface area contributed by atoms with Gasteiger partial charge >= 0.3 is 0 Å². The van der Waals surface area contributed by atoms with Gasteiger partial charge in [0.25, 0.3) is 5.56 Å². The highest BCUT2D eigenvalue weighted by Crippen LogP contribution is 2.27. The van der Waals surface area contributed by atoms with Crippen LogP contribution < -0.4 is 14.5 Å². The summed E-state index contributed by atoms with van der Waals surface area (Å²) in [7, 11) is 0. The Bertz CT molecular complexity index is 1250. The van der Waals surface area contributed by atoms with Crippen LogP contribution in [0.4, 0.5) is 0 Å². The predicted octanol–water partition coefficient (Wildman–Crippen LogP) is 3.78. The molecule has 3 heterocycles. The topological polar surface area (TPSA) is 79.9 Å². The number of pyridine rings is 1. The fourth-order valence-corrected chi connectivity index (χ4v) is 3.53. The van der Waals surface area contributed by atoms with E-state index in [1.807, 2.05) is 45.0 Å². The zero-order valence-electron chi connectivity index (χ0n) is 17.0. The van der Waals surface area contributed by atoms with Crippen LogP contribution in [0.1, 0.15) is 25.1 Å². The van der Waals surface area contributed by atoms with E-state index in [0.29, 0.717) is 47.1 Å². The lowest BCUT2D eigenvalue weighted by Gasteiger charge is -2.08. The fourth-order valence-electron chi connectivity index (χ4n) is 3.14. The van der Waals surface area contributed by atoms with Crippen LogP contribution in [0.25, 0.3) is 16.6 Å². The summed E-state index contributed by atoms with van der Waals surface area (Å²) in [6.45, 7) is 7.03. The Hall–Kier alpha value is -3.04. The number of nitrogens with zero attached hydrogens (tertiary/aromatic N) is 4. The number of rotatable bonds is 8. The Morgan fingerprint density at radius 2 is 2.00 bits per heavy atom. The number of ether oxygens (including phenoxy) is 1. The first-order valence-corrected chi connectivity index (χ1v) is 10.3. The quantitative estimate of drug-likeness (QED) is 0.313. The summed E-state index contributed by atoms with van der Waals surface area (Å²) in [6.07, 6.45) is 3.35. The van der Waals surface area contributed by atoms with Gasteiger partial charge in [0.05, 0.1) is 43.2 Å². The molecule has 4 aromatic rings. The maximum absolute atomic E-state index is 13.0. The van der Waals surface area contributed by atoms with Crippen molar-refractivity contribution in [3.63, 3.8) is 0 Å². The summed E-state index contributed by atoms with van der Waals surface area (Å²) in [5, 5.41) is 0.566. The number of hydrogen-bond acceptors (Lipinski definition) is 7. The van der Waals surface area contributed by atoms with E-state index in [-0.39, 0.29) is 12.1 Å². The fraction of sp³-hybridized carbons (Fsp3) is 0.286. The van der Waals surface area contributed by atoms with Crippen molar-refractivity contribution in [3.8, 4) is 11.6 Å². The number of aryl methyl sites for hydroxylation is 1. The molecule has 0 saturated carbocycles. The summed E-state index contributed by atoms with van der Waals surface area (Å²) in [5.41, 5.74) is 2.87. The zero-order chi connectivity index (χ0) is 21.1. The van der Waals surface area contributed by atoms with Crippen molar-refractivity contribution in [2.45, 2.75) is 27.3 Å². The molecule has 0 atom stereocenters. The molecule has 0 N–H and O–H groups in total. The first-order valence-electron chi connectivity index (χ1n) is 9.66. The number of fused-ring (bicyclic) bond motifs is 2. The van der Waals surface area contributed by atoms with Gasteiger partial charge in [0.15, 0.2) is 0 Å². The SMILES string of the molecule is CCOSOc1c(Cn2cnc3cc(C)ccc3c2=O)nc2ccc(OCC)cn12. The highest BCUT2D eigenvalue weighted by atomic mass is 32.2. The van der Waals surface area contributed by atoms with E-state index in [4.69, 9.17) is 13.1 Å². The lowest BCUT2D eigenvalue weighted by atomic mass is 10.2. The Kier molecular flexibility index (Phi) is 5.91. The van der Waals surface area contributed by atoms with Gasteiger partial charge < -0.3 is 8.92 Å². The molecule has 0 aliphatic rings. The van der Waals surface area contributed by atoms with E-state index in [1.54, 1.807) is 23.0 Å². The number of imidazole rings is 1. The van der Waals surface area contributed by atoms with Crippen LogP contribution in [0.5, 0.6) is 11.6 Å². The van der Waals surface area contributed by atoms with Gasteiger partial charge in [0.1, 0.15) is 17.1 Å². The third-order valence-corrected chi connectivity index (χ3v) is 5.06. The normalized spacial score (nSPS) is 11.3. The molecular formula is C21H22N4O4S. The van der Waals surface area contributed by atoms with Gasteiger partial charge in [0.2, 0.25) is 18.2 Å². The van der Waals surface area contributed by atoms with Crippen LogP contribution in [0, 0.1) is 6.92 Å². The van der Waals surface area contributed by atoms with E-state index >= 15 is 0 Å². The minimum absolute atomic E-state index is 0.129. The van der Waals surface area contributed by atoms with Crippen molar-refractivity contribution in [1.29, 1.82) is 0 Å². The summed E-state index contributed by atoms with van der Waals surface area (Å²) >= 11 is 0.873. The minimum Gasteiger partial charge on any atom is -0.492 e. The lowest BCUT2D eigenvalue weighted by molar-refractivity contribution is 0.337. The number of benzene rings is 1. The van der Waals surface area contributed by atoms with Crippen molar-refractivity contribution < 1.29 is 13.1 Å². The Morgan fingerprint density at radius 1 is 1.13 bits per heavy atom. The van der Waals surface area contributed by atoms with Gasteiger partial charge in [-0.15, -0.1) is 0 Å². The van der Waals surface area contributed by atoms with Crippen molar-refractivity contribution in [3.05, 3.63) is 64.5 Å². The first kappa shape index (κ1) is 20.2. The van der Waals surface area contributed by atoms with Gasteiger partial charge in [0, 0.05) is 0 Å². The van der Waals surface area contributed by atoms with Gasteiger partial charge in [-0.3, -0.25) is 17.9 Å². The molecule has 3 aromatic heterocycles. The number of aromatic nitrogens is 4. The molecule has 156 valence electrons. The monoisotopic (exact) mass is 426 g/mol. The third kappa shape index (κ3) is 3.99. The van der Waals surface area contributed by atoms with Gasteiger partial charge in [-0.1, -0.05) is 6.07 Å². The zero-order valence-corrected chi connectivity index (χ0v) is 17.8. The Balaban J connectivity index is 1.76. The summed E-state index contributed by atoms with van der Waals surface area (Å²) in [5.74, 6) is 1.17. The number of hydrogen-bond donors (Lipinski definition) is 0. The van der Waals surface area contributed by atoms with Crippen LogP contribution in [0.2, 0.25) is 0 Å². The van der Waals surface area contributed by atoms with E-state index in [1.165, 1.54) is 4.57 Å². The standard InChI is InChI=1S/C21H22N4O4S/c1-4-27-15-7-9-19-23-18(21(25(19)11-15)29-30-28-5-2)12-24-13-22-17-10-14(3)6-8-16(17)20(24)26/h6-11,13H,4-5,12H2,1-3H3. The predicted molar refractivity (Wildman–Crippen MR) is 116 cm³/mol. The maximum Gasteiger partial charge on any atom is 0.261 e. The molecule has 0 aliphatic carbocycles. The second kappa shape index (κ2) is 8.76. The van der Waals surface area contributed by atoms with Crippen LogP contribution in [-0.4, -0.2) is 32.1 Å². The van der Waals surface area contributed by atoms with E-state index in [0.717, 1.165) is 17.9 Å². The van der Waals surface area contributed by atoms with Gasteiger partial charge in [-0.2, -0.15) is 0 Å². The molecule has 0 spiro atoms. The third-order valence-electron chi connectivity index (χ3n) is 4.51.